The molecule has 0 radical (unpaired) electrons. The highest BCUT2D eigenvalue weighted by Crippen LogP contribution is 2.26. The Bertz CT molecular complexity index is 570. The number of amides is 3. The Morgan fingerprint density at radius 1 is 1.12 bits per heavy atom. The van der Waals surface area contributed by atoms with Crippen LogP contribution < -0.4 is 0 Å². The van der Waals surface area contributed by atoms with Crippen LogP contribution in [-0.4, -0.2) is 84.3 Å². The standard InChI is InChI=1S/C18H31N3O5/c1-17(2,3)26-16(24)20-9-10-21-13(12-20)11-19(15(21)23)8-7-18(4,5)14(22)25-6/h13H,7-12H2,1-6H3/t13-/m1/s1. The van der Waals surface area contributed by atoms with Crippen molar-refractivity contribution in [2.75, 3.05) is 39.8 Å². The molecule has 0 aromatic carbocycles. The molecule has 0 aliphatic carbocycles. The van der Waals surface area contributed by atoms with E-state index in [9.17, 15) is 14.4 Å². The third kappa shape index (κ3) is 4.59. The first-order valence-electron chi connectivity index (χ1n) is 9.06. The Balaban J connectivity index is 1.93. The number of rotatable bonds is 4. The number of carbonyl (C=O) groups excluding carboxylic acids is 3. The summed E-state index contributed by atoms with van der Waals surface area (Å²) in [5.41, 5.74) is -1.17. The highest BCUT2D eigenvalue weighted by Gasteiger charge is 2.43. The van der Waals surface area contributed by atoms with Crippen LogP contribution in [0, 0.1) is 5.41 Å². The number of hydrogen-bond donors (Lipinski definition) is 0. The Morgan fingerprint density at radius 3 is 2.35 bits per heavy atom. The van der Waals surface area contributed by atoms with Crippen LogP contribution in [0.15, 0.2) is 0 Å². The number of methoxy groups -OCH3 is 1. The summed E-state index contributed by atoms with van der Waals surface area (Å²) < 4.78 is 10.2. The molecule has 0 saturated carbocycles. The van der Waals surface area contributed by atoms with E-state index in [4.69, 9.17) is 9.47 Å². The molecule has 2 saturated heterocycles. The van der Waals surface area contributed by atoms with Crippen molar-refractivity contribution >= 4 is 18.1 Å². The van der Waals surface area contributed by atoms with E-state index >= 15 is 0 Å². The maximum Gasteiger partial charge on any atom is 0.410 e. The molecule has 0 spiro atoms. The third-order valence-electron chi connectivity index (χ3n) is 4.83. The molecule has 2 heterocycles. The molecule has 2 rings (SSSR count). The zero-order valence-electron chi connectivity index (χ0n) is 16.7. The molecule has 8 nitrogen and oxygen atoms in total. The summed E-state index contributed by atoms with van der Waals surface area (Å²) in [5.74, 6) is -0.280. The molecule has 26 heavy (non-hydrogen) atoms. The van der Waals surface area contributed by atoms with Gasteiger partial charge in [-0.15, -0.1) is 0 Å². The molecule has 0 aromatic heterocycles. The summed E-state index contributed by atoms with van der Waals surface area (Å²) in [7, 11) is 1.37. The third-order valence-corrected chi connectivity index (χ3v) is 4.83. The van der Waals surface area contributed by atoms with E-state index < -0.39 is 11.0 Å². The topological polar surface area (TPSA) is 79.4 Å². The second kappa shape index (κ2) is 7.32. The van der Waals surface area contributed by atoms with Crippen molar-refractivity contribution in [2.24, 2.45) is 5.41 Å². The molecule has 148 valence electrons. The molecule has 0 aromatic rings. The summed E-state index contributed by atoms with van der Waals surface area (Å²) in [5, 5.41) is 0. The predicted octanol–water partition coefficient (Wildman–Crippen LogP) is 1.93. The quantitative estimate of drug-likeness (QED) is 0.708. The lowest BCUT2D eigenvalue weighted by molar-refractivity contribution is -0.151. The van der Waals surface area contributed by atoms with Crippen LogP contribution in [0.3, 0.4) is 0 Å². The number of esters is 1. The van der Waals surface area contributed by atoms with E-state index in [2.05, 4.69) is 0 Å². The van der Waals surface area contributed by atoms with Crippen LogP contribution in [0.5, 0.6) is 0 Å². The molecule has 3 amide bonds. The van der Waals surface area contributed by atoms with Crippen molar-refractivity contribution in [1.82, 2.24) is 14.7 Å². The highest BCUT2D eigenvalue weighted by molar-refractivity contribution is 5.79. The summed E-state index contributed by atoms with van der Waals surface area (Å²) in [6.07, 6.45) is 0.191. The number of nitrogens with zero attached hydrogens (tertiary/aromatic N) is 3. The van der Waals surface area contributed by atoms with Crippen LogP contribution in [0.4, 0.5) is 9.59 Å². The van der Waals surface area contributed by atoms with Crippen molar-refractivity contribution in [3.8, 4) is 0 Å². The van der Waals surface area contributed by atoms with Crippen LogP contribution >= 0.6 is 0 Å². The minimum Gasteiger partial charge on any atom is -0.469 e. The SMILES string of the molecule is COC(=O)C(C)(C)CCN1C[C@@H]2CN(C(=O)OC(C)(C)C)CCN2C1=O. The van der Waals surface area contributed by atoms with Crippen LogP contribution in [0.1, 0.15) is 41.0 Å². The van der Waals surface area contributed by atoms with E-state index in [-0.39, 0.29) is 24.1 Å². The second-order valence-corrected chi connectivity index (χ2v) is 8.63. The molecular weight excluding hydrogens is 338 g/mol. The van der Waals surface area contributed by atoms with Crippen LogP contribution in [-0.2, 0) is 14.3 Å². The van der Waals surface area contributed by atoms with E-state index in [1.165, 1.54) is 7.11 Å². The fourth-order valence-electron chi connectivity index (χ4n) is 3.25. The number of carbonyl (C=O) groups is 3. The molecule has 8 heteroatoms. The molecule has 1 atom stereocenters. The van der Waals surface area contributed by atoms with Gasteiger partial charge in [0, 0.05) is 32.7 Å². The zero-order chi connectivity index (χ0) is 19.7. The van der Waals surface area contributed by atoms with E-state index in [0.717, 1.165) is 0 Å². The summed E-state index contributed by atoms with van der Waals surface area (Å²) in [6.45, 7) is 11.6. The van der Waals surface area contributed by atoms with Crippen LogP contribution in [0.2, 0.25) is 0 Å². The van der Waals surface area contributed by atoms with Gasteiger partial charge in [-0.3, -0.25) is 4.79 Å². The molecule has 0 unspecified atom stereocenters. The lowest BCUT2D eigenvalue weighted by Gasteiger charge is -2.37. The van der Waals surface area contributed by atoms with Crippen molar-refractivity contribution in [2.45, 2.75) is 52.7 Å². The Morgan fingerprint density at radius 2 is 1.77 bits per heavy atom. The van der Waals surface area contributed by atoms with Gasteiger partial charge in [-0.05, 0) is 41.0 Å². The van der Waals surface area contributed by atoms with Gasteiger partial charge in [0.2, 0.25) is 0 Å². The summed E-state index contributed by atoms with van der Waals surface area (Å²) in [6, 6.07) is -0.0653. The number of urea groups is 1. The van der Waals surface area contributed by atoms with Crippen molar-refractivity contribution < 1.29 is 23.9 Å². The fourth-order valence-corrected chi connectivity index (χ4v) is 3.25. The molecule has 2 aliphatic heterocycles. The van der Waals surface area contributed by atoms with Gasteiger partial charge in [-0.25, -0.2) is 9.59 Å². The fraction of sp³-hybridized carbons (Fsp3) is 0.833. The largest absolute Gasteiger partial charge is 0.469 e. The smallest absolute Gasteiger partial charge is 0.410 e. The Hall–Kier alpha value is -1.99. The lowest BCUT2D eigenvalue weighted by atomic mass is 9.89. The summed E-state index contributed by atoms with van der Waals surface area (Å²) >= 11 is 0. The Kier molecular flexibility index (Phi) is 5.73. The Labute approximate surface area is 155 Å². The summed E-state index contributed by atoms with van der Waals surface area (Å²) in [4.78, 5) is 41.9. The average Bonchev–Trinajstić information content (AvgIpc) is 2.86. The van der Waals surface area contributed by atoms with E-state index in [1.807, 2.05) is 39.5 Å². The first-order chi connectivity index (χ1) is 11.9. The van der Waals surface area contributed by atoms with E-state index in [0.29, 0.717) is 39.1 Å². The van der Waals surface area contributed by atoms with Gasteiger partial charge in [0.05, 0.1) is 18.6 Å². The number of ether oxygens (including phenoxy) is 2. The van der Waals surface area contributed by atoms with Gasteiger partial charge >= 0.3 is 18.1 Å². The highest BCUT2D eigenvalue weighted by atomic mass is 16.6. The normalized spacial score (nSPS) is 20.9. The van der Waals surface area contributed by atoms with Crippen molar-refractivity contribution in [1.29, 1.82) is 0 Å². The number of fused-ring (bicyclic) bond motifs is 1. The van der Waals surface area contributed by atoms with Crippen molar-refractivity contribution in [3.05, 3.63) is 0 Å². The van der Waals surface area contributed by atoms with Gasteiger partial charge in [0.15, 0.2) is 0 Å². The first kappa shape index (κ1) is 20.3. The van der Waals surface area contributed by atoms with Gasteiger partial charge in [-0.2, -0.15) is 0 Å². The average molecular weight is 369 g/mol. The molecule has 0 bridgehead atoms. The molecule has 2 fully saturated rings. The van der Waals surface area contributed by atoms with Gasteiger partial charge < -0.3 is 24.2 Å². The zero-order valence-corrected chi connectivity index (χ0v) is 16.7. The van der Waals surface area contributed by atoms with Gasteiger partial charge in [-0.1, -0.05) is 0 Å². The van der Waals surface area contributed by atoms with E-state index in [1.54, 1.807) is 9.80 Å². The number of hydrogen-bond acceptors (Lipinski definition) is 5. The van der Waals surface area contributed by atoms with Crippen molar-refractivity contribution in [3.63, 3.8) is 0 Å². The van der Waals surface area contributed by atoms with Gasteiger partial charge in [0.25, 0.3) is 0 Å². The minimum atomic E-state index is -0.638. The molecular formula is C18H31N3O5. The second-order valence-electron chi connectivity index (χ2n) is 8.63. The maximum absolute atomic E-state index is 12.6. The predicted molar refractivity (Wildman–Crippen MR) is 95.7 cm³/mol. The van der Waals surface area contributed by atoms with Crippen LogP contribution in [0.25, 0.3) is 0 Å². The minimum absolute atomic E-state index is 0.0282. The van der Waals surface area contributed by atoms with Gasteiger partial charge in [0.1, 0.15) is 5.60 Å². The number of piperazine rings is 1. The first-order valence-corrected chi connectivity index (χ1v) is 9.06. The molecule has 0 N–H and O–H groups in total. The monoisotopic (exact) mass is 369 g/mol. The maximum atomic E-state index is 12.6. The molecule has 2 aliphatic rings. The lowest BCUT2D eigenvalue weighted by Crippen LogP contribution is -2.54.